The highest BCUT2D eigenvalue weighted by Gasteiger charge is 2.37. The van der Waals surface area contributed by atoms with Crippen LogP contribution in [-0.4, -0.2) is 35.8 Å². The highest BCUT2D eigenvalue weighted by molar-refractivity contribution is 5.29. The van der Waals surface area contributed by atoms with Crippen LogP contribution in [0.5, 0.6) is 0 Å². The van der Waals surface area contributed by atoms with Crippen molar-refractivity contribution in [1.82, 2.24) is 10.0 Å². The standard InChI is InChI=1S/C15H18F6N2/c16-14(17,18)11-23(22-8-4-1-5-9-22)10-12-6-2-3-7-13(12)15(19,20)21/h2-3,6-7H,1,4-5,8-11H2. The number of hydrazine groups is 1. The molecular formula is C15H18F6N2. The molecule has 2 rings (SSSR count). The normalized spacial score (nSPS) is 17.7. The second-order valence-electron chi connectivity index (χ2n) is 5.61. The lowest BCUT2D eigenvalue weighted by atomic mass is 10.1. The number of nitrogens with zero attached hydrogens (tertiary/aromatic N) is 2. The zero-order valence-electron chi connectivity index (χ0n) is 12.4. The SMILES string of the molecule is FC(F)(F)CN(Cc1ccccc1C(F)(F)F)N1CCCCC1. The van der Waals surface area contributed by atoms with Gasteiger partial charge in [0.05, 0.1) is 5.56 Å². The molecule has 0 aliphatic carbocycles. The molecule has 1 aromatic carbocycles. The number of benzene rings is 1. The van der Waals surface area contributed by atoms with E-state index in [1.54, 1.807) is 0 Å². The van der Waals surface area contributed by atoms with E-state index in [-0.39, 0.29) is 5.56 Å². The molecule has 0 N–H and O–H groups in total. The summed E-state index contributed by atoms with van der Waals surface area (Å²) < 4.78 is 77.5. The molecule has 0 amide bonds. The van der Waals surface area contributed by atoms with Crippen molar-refractivity contribution in [2.75, 3.05) is 19.6 Å². The van der Waals surface area contributed by atoms with Gasteiger partial charge >= 0.3 is 12.4 Å². The fourth-order valence-electron chi connectivity index (χ4n) is 2.75. The Bertz CT molecular complexity index is 505. The van der Waals surface area contributed by atoms with E-state index < -0.39 is 31.0 Å². The minimum atomic E-state index is -4.58. The lowest BCUT2D eigenvalue weighted by Crippen LogP contribution is -2.49. The van der Waals surface area contributed by atoms with Crippen LogP contribution in [0.2, 0.25) is 0 Å². The van der Waals surface area contributed by atoms with Crippen LogP contribution in [0.3, 0.4) is 0 Å². The van der Waals surface area contributed by atoms with E-state index in [0.29, 0.717) is 13.1 Å². The van der Waals surface area contributed by atoms with Gasteiger partial charge in [-0.1, -0.05) is 24.6 Å². The molecule has 1 aliphatic heterocycles. The van der Waals surface area contributed by atoms with Crippen molar-refractivity contribution in [3.05, 3.63) is 35.4 Å². The van der Waals surface area contributed by atoms with Crippen molar-refractivity contribution in [3.8, 4) is 0 Å². The average molecular weight is 340 g/mol. The van der Waals surface area contributed by atoms with Crippen LogP contribution in [0.1, 0.15) is 30.4 Å². The molecule has 1 aliphatic rings. The quantitative estimate of drug-likeness (QED) is 0.746. The van der Waals surface area contributed by atoms with E-state index >= 15 is 0 Å². The summed E-state index contributed by atoms with van der Waals surface area (Å²) in [6, 6.07) is 4.78. The van der Waals surface area contributed by atoms with Crippen LogP contribution in [0, 0.1) is 0 Å². The topological polar surface area (TPSA) is 6.48 Å². The summed E-state index contributed by atoms with van der Waals surface area (Å²) in [7, 11) is 0. The monoisotopic (exact) mass is 340 g/mol. The van der Waals surface area contributed by atoms with E-state index in [1.807, 2.05) is 0 Å². The second kappa shape index (κ2) is 7.09. The van der Waals surface area contributed by atoms with E-state index in [1.165, 1.54) is 23.2 Å². The summed E-state index contributed by atoms with van der Waals surface area (Å²) in [5.74, 6) is 0. The van der Waals surface area contributed by atoms with Gasteiger partial charge in [-0.25, -0.2) is 10.0 Å². The first-order valence-corrected chi connectivity index (χ1v) is 7.38. The van der Waals surface area contributed by atoms with Gasteiger partial charge in [0.25, 0.3) is 0 Å². The molecule has 0 radical (unpaired) electrons. The van der Waals surface area contributed by atoms with E-state index in [4.69, 9.17) is 0 Å². The molecule has 1 fully saturated rings. The van der Waals surface area contributed by atoms with Gasteiger partial charge in [-0.15, -0.1) is 0 Å². The maximum Gasteiger partial charge on any atom is 0.416 e. The Morgan fingerprint density at radius 3 is 2.09 bits per heavy atom. The van der Waals surface area contributed by atoms with Gasteiger partial charge in [0.15, 0.2) is 0 Å². The van der Waals surface area contributed by atoms with Crippen molar-refractivity contribution in [2.24, 2.45) is 0 Å². The van der Waals surface area contributed by atoms with E-state index in [9.17, 15) is 26.3 Å². The summed E-state index contributed by atoms with van der Waals surface area (Å²) in [4.78, 5) is 0. The first kappa shape index (κ1) is 18.1. The maximum absolute atomic E-state index is 13.0. The fraction of sp³-hybridized carbons (Fsp3) is 0.600. The minimum absolute atomic E-state index is 0.144. The first-order valence-electron chi connectivity index (χ1n) is 7.38. The molecule has 0 unspecified atom stereocenters. The smallest absolute Gasteiger partial charge is 0.241 e. The highest BCUT2D eigenvalue weighted by atomic mass is 19.4. The largest absolute Gasteiger partial charge is 0.416 e. The molecule has 1 aromatic rings. The molecule has 1 heterocycles. The van der Waals surface area contributed by atoms with E-state index in [2.05, 4.69) is 0 Å². The molecule has 0 atom stereocenters. The number of rotatable bonds is 4. The van der Waals surface area contributed by atoms with Crippen molar-refractivity contribution in [3.63, 3.8) is 0 Å². The van der Waals surface area contributed by atoms with Gasteiger partial charge in [-0.3, -0.25) is 0 Å². The summed E-state index contributed by atoms with van der Waals surface area (Å²) >= 11 is 0. The molecule has 0 saturated carbocycles. The zero-order chi connectivity index (χ0) is 17.1. The van der Waals surface area contributed by atoms with Crippen LogP contribution in [0.4, 0.5) is 26.3 Å². The number of alkyl halides is 6. The molecule has 130 valence electrons. The number of hydrogen-bond acceptors (Lipinski definition) is 2. The summed E-state index contributed by atoms with van der Waals surface area (Å²) in [5.41, 5.74) is -1.03. The minimum Gasteiger partial charge on any atom is -0.241 e. The molecule has 0 aromatic heterocycles. The fourth-order valence-corrected chi connectivity index (χ4v) is 2.75. The Kier molecular flexibility index (Phi) is 5.57. The highest BCUT2D eigenvalue weighted by Crippen LogP contribution is 2.33. The maximum atomic E-state index is 13.0. The van der Waals surface area contributed by atoms with Gasteiger partial charge in [-0.2, -0.15) is 26.3 Å². The number of piperidine rings is 1. The third-order valence-corrected chi connectivity index (χ3v) is 3.77. The predicted molar refractivity (Wildman–Crippen MR) is 73.3 cm³/mol. The lowest BCUT2D eigenvalue weighted by Gasteiger charge is -2.38. The third kappa shape index (κ3) is 5.39. The van der Waals surface area contributed by atoms with Crippen LogP contribution in [-0.2, 0) is 12.7 Å². The first-order chi connectivity index (χ1) is 10.7. The van der Waals surface area contributed by atoms with Gasteiger partial charge in [0, 0.05) is 19.6 Å². The van der Waals surface area contributed by atoms with Gasteiger partial charge in [0.1, 0.15) is 6.54 Å². The van der Waals surface area contributed by atoms with Crippen LogP contribution >= 0.6 is 0 Å². The van der Waals surface area contributed by atoms with E-state index in [0.717, 1.165) is 30.3 Å². The van der Waals surface area contributed by atoms with Crippen molar-refractivity contribution >= 4 is 0 Å². The van der Waals surface area contributed by atoms with Crippen molar-refractivity contribution in [1.29, 1.82) is 0 Å². The molecule has 0 spiro atoms. The van der Waals surface area contributed by atoms with Gasteiger partial charge in [0.2, 0.25) is 0 Å². The summed E-state index contributed by atoms with van der Waals surface area (Å²) in [6.07, 6.45) is -6.63. The lowest BCUT2D eigenvalue weighted by molar-refractivity contribution is -0.187. The molecular weight excluding hydrogens is 322 g/mol. The van der Waals surface area contributed by atoms with Gasteiger partial charge < -0.3 is 0 Å². The zero-order valence-corrected chi connectivity index (χ0v) is 12.4. The Morgan fingerprint density at radius 2 is 1.52 bits per heavy atom. The Morgan fingerprint density at radius 1 is 0.913 bits per heavy atom. The average Bonchev–Trinajstić information content (AvgIpc) is 2.45. The molecule has 2 nitrogen and oxygen atoms in total. The molecule has 23 heavy (non-hydrogen) atoms. The number of halogens is 6. The van der Waals surface area contributed by atoms with Crippen LogP contribution in [0.15, 0.2) is 24.3 Å². The molecule has 1 saturated heterocycles. The summed E-state index contributed by atoms with van der Waals surface area (Å²) in [5, 5.41) is 2.51. The van der Waals surface area contributed by atoms with Gasteiger partial charge in [-0.05, 0) is 24.5 Å². The molecule has 0 bridgehead atoms. The Hall–Kier alpha value is -1.28. The predicted octanol–water partition coefficient (Wildman–Crippen LogP) is 4.47. The van der Waals surface area contributed by atoms with Crippen molar-refractivity contribution < 1.29 is 26.3 Å². The molecule has 8 heteroatoms. The van der Waals surface area contributed by atoms with Crippen molar-refractivity contribution in [2.45, 2.75) is 38.2 Å². The van der Waals surface area contributed by atoms with Crippen LogP contribution < -0.4 is 0 Å². The number of hydrogen-bond donors (Lipinski definition) is 0. The Balaban J connectivity index is 2.23. The Labute approximate surface area is 130 Å². The summed E-state index contributed by atoms with van der Waals surface area (Å²) in [6.45, 7) is -0.789. The second-order valence-corrected chi connectivity index (χ2v) is 5.61. The van der Waals surface area contributed by atoms with Crippen LogP contribution in [0.25, 0.3) is 0 Å². The third-order valence-electron chi connectivity index (χ3n) is 3.77.